The molecule has 0 radical (unpaired) electrons. The molecule has 1 aromatic heterocycles. The van der Waals surface area contributed by atoms with Crippen LogP contribution in [-0.2, 0) is 17.8 Å². The lowest BCUT2D eigenvalue weighted by atomic mass is 9.96. The summed E-state index contributed by atoms with van der Waals surface area (Å²) in [4.78, 5) is 21.3. The number of nitrogens with zero attached hydrogens (tertiary/aromatic N) is 4. The highest BCUT2D eigenvalue weighted by atomic mass is 19.1. The monoisotopic (exact) mass is 328 g/mol. The van der Waals surface area contributed by atoms with E-state index in [1.165, 1.54) is 12.1 Å². The minimum Gasteiger partial charge on any atom is -0.368 e. The van der Waals surface area contributed by atoms with E-state index in [0.29, 0.717) is 0 Å². The minimum absolute atomic E-state index is 0.0530. The maximum atomic E-state index is 13.0. The molecule has 4 rings (SSSR count). The number of imidazole rings is 1. The molecule has 1 fully saturated rings. The van der Waals surface area contributed by atoms with E-state index >= 15 is 0 Å². The number of carbonyl (C=O) groups is 1. The average Bonchev–Trinajstić information content (AvgIpc) is 3.09. The van der Waals surface area contributed by atoms with E-state index < -0.39 is 0 Å². The molecule has 1 aromatic carbocycles. The topological polar surface area (TPSA) is 41.4 Å². The average molecular weight is 328 g/mol. The number of aromatic nitrogens is 2. The molecule has 1 amide bonds. The molecule has 24 heavy (non-hydrogen) atoms. The molecule has 2 aliphatic rings. The predicted molar refractivity (Wildman–Crippen MR) is 89.2 cm³/mol. The van der Waals surface area contributed by atoms with E-state index in [1.54, 1.807) is 12.1 Å². The van der Waals surface area contributed by atoms with Crippen LogP contribution in [0.15, 0.2) is 36.7 Å². The first-order valence-corrected chi connectivity index (χ1v) is 8.50. The lowest BCUT2D eigenvalue weighted by Crippen LogP contribution is -2.51. The van der Waals surface area contributed by atoms with E-state index in [4.69, 9.17) is 0 Å². The van der Waals surface area contributed by atoms with Crippen molar-refractivity contribution in [3.05, 3.63) is 48.3 Å². The van der Waals surface area contributed by atoms with Crippen LogP contribution in [0.4, 0.5) is 10.1 Å². The van der Waals surface area contributed by atoms with E-state index in [9.17, 15) is 9.18 Å². The molecule has 2 aliphatic heterocycles. The molecule has 0 spiro atoms. The molecule has 1 unspecified atom stereocenters. The molecule has 1 saturated heterocycles. The van der Waals surface area contributed by atoms with Crippen LogP contribution in [0.2, 0.25) is 0 Å². The molecule has 1 atom stereocenters. The van der Waals surface area contributed by atoms with Crippen molar-refractivity contribution in [1.29, 1.82) is 0 Å². The fraction of sp³-hybridized carbons (Fsp3) is 0.444. The molecule has 2 aromatic rings. The Labute approximate surface area is 140 Å². The van der Waals surface area contributed by atoms with E-state index in [0.717, 1.165) is 57.1 Å². The Bertz CT molecular complexity index is 719. The fourth-order valence-corrected chi connectivity index (χ4v) is 3.66. The van der Waals surface area contributed by atoms with Crippen molar-refractivity contribution >= 4 is 11.6 Å². The van der Waals surface area contributed by atoms with Gasteiger partial charge in [0.25, 0.3) is 0 Å². The Hall–Kier alpha value is -2.37. The Morgan fingerprint density at radius 3 is 2.58 bits per heavy atom. The number of carbonyl (C=O) groups excluding carboxylic acids is 1. The van der Waals surface area contributed by atoms with Crippen molar-refractivity contribution in [2.24, 2.45) is 5.92 Å². The number of fused-ring (bicyclic) bond motifs is 1. The van der Waals surface area contributed by atoms with Gasteiger partial charge in [0.05, 0.1) is 0 Å². The zero-order valence-electron chi connectivity index (χ0n) is 13.6. The Morgan fingerprint density at radius 1 is 1.08 bits per heavy atom. The highest BCUT2D eigenvalue weighted by Crippen LogP contribution is 2.23. The van der Waals surface area contributed by atoms with Gasteiger partial charge in [0.1, 0.15) is 11.6 Å². The van der Waals surface area contributed by atoms with Crippen LogP contribution in [-0.4, -0.2) is 46.5 Å². The second kappa shape index (κ2) is 6.26. The fourth-order valence-electron chi connectivity index (χ4n) is 3.66. The number of halogens is 1. The number of piperazine rings is 1. The smallest absolute Gasteiger partial charge is 0.226 e. The quantitative estimate of drug-likeness (QED) is 0.846. The van der Waals surface area contributed by atoms with Crippen molar-refractivity contribution in [2.45, 2.75) is 19.4 Å². The Morgan fingerprint density at radius 2 is 1.83 bits per heavy atom. The number of aryl methyl sites for hydroxylation is 1. The van der Waals surface area contributed by atoms with E-state index in [1.807, 2.05) is 17.3 Å². The molecule has 5 nitrogen and oxygen atoms in total. The largest absolute Gasteiger partial charge is 0.368 e. The lowest BCUT2D eigenvalue weighted by molar-refractivity contribution is -0.136. The van der Waals surface area contributed by atoms with Crippen molar-refractivity contribution in [3.63, 3.8) is 0 Å². The summed E-state index contributed by atoms with van der Waals surface area (Å²) in [5, 5.41) is 0. The number of hydrogen-bond donors (Lipinski definition) is 0. The van der Waals surface area contributed by atoms with Gasteiger partial charge < -0.3 is 14.4 Å². The molecule has 0 bridgehead atoms. The number of rotatable bonds is 2. The van der Waals surface area contributed by atoms with Gasteiger partial charge in [0.2, 0.25) is 5.91 Å². The minimum atomic E-state index is -0.219. The summed E-state index contributed by atoms with van der Waals surface area (Å²) in [5.74, 6) is 1.10. The van der Waals surface area contributed by atoms with Crippen LogP contribution in [0.3, 0.4) is 0 Å². The third kappa shape index (κ3) is 2.88. The molecule has 126 valence electrons. The van der Waals surface area contributed by atoms with Gasteiger partial charge in [-0.3, -0.25) is 4.79 Å². The summed E-state index contributed by atoms with van der Waals surface area (Å²) in [5.41, 5.74) is 1.02. The van der Waals surface area contributed by atoms with Gasteiger partial charge in [-0.05, 0) is 30.7 Å². The second-order valence-electron chi connectivity index (χ2n) is 6.52. The van der Waals surface area contributed by atoms with Crippen LogP contribution in [0.1, 0.15) is 12.2 Å². The third-order valence-corrected chi connectivity index (χ3v) is 5.08. The Balaban J connectivity index is 1.36. The van der Waals surface area contributed by atoms with Gasteiger partial charge in [-0.25, -0.2) is 9.37 Å². The van der Waals surface area contributed by atoms with Crippen LogP contribution in [0.25, 0.3) is 0 Å². The molecule has 0 aliphatic carbocycles. The van der Waals surface area contributed by atoms with Gasteiger partial charge in [0, 0.05) is 63.1 Å². The van der Waals surface area contributed by atoms with Crippen LogP contribution in [0, 0.1) is 11.7 Å². The summed E-state index contributed by atoms with van der Waals surface area (Å²) in [6.07, 6.45) is 5.42. The molecule has 3 heterocycles. The first-order valence-electron chi connectivity index (χ1n) is 8.50. The van der Waals surface area contributed by atoms with Gasteiger partial charge >= 0.3 is 0 Å². The molecular formula is C18H21FN4O. The first-order chi connectivity index (χ1) is 11.7. The van der Waals surface area contributed by atoms with Crippen LogP contribution in [0.5, 0.6) is 0 Å². The molecule has 6 heteroatoms. The second-order valence-corrected chi connectivity index (χ2v) is 6.52. The predicted octanol–water partition coefficient (Wildman–Crippen LogP) is 1.93. The zero-order chi connectivity index (χ0) is 16.5. The van der Waals surface area contributed by atoms with Crippen molar-refractivity contribution in [1.82, 2.24) is 14.5 Å². The maximum Gasteiger partial charge on any atom is 0.226 e. The normalized spacial score (nSPS) is 20.8. The molecule has 0 saturated carbocycles. The van der Waals surface area contributed by atoms with Crippen LogP contribution >= 0.6 is 0 Å². The number of amides is 1. The van der Waals surface area contributed by atoms with Gasteiger partial charge in [-0.1, -0.05) is 0 Å². The van der Waals surface area contributed by atoms with E-state index in [-0.39, 0.29) is 17.6 Å². The van der Waals surface area contributed by atoms with Crippen LogP contribution < -0.4 is 4.90 Å². The van der Waals surface area contributed by atoms with Gasteiger partial charge in [0.15, 0.2) is 0 Å². The van der Waals surface area contributed by atoms with Gasteiger partial charge in [-0.15, -0.1) is 0 Å². The van der Waals surface area contributed by atoms with Crippen molar-refractivity contribution in [2.75, 3.05) is 31.1 Å². The van der Waals surface area contributed by atoms with E-state index in [2.05, 4.69) is 14.5 Å². The summed E-state index contributed by atoms with van der Waals surface area (Å²) in [6, 6.07) is 6.57. The third-order valence-electron chi connectivity index (χ3n) is 5.08. The SMILES string of the molecule is O=C(C1CCn2ccnc2C1)N1CCN(c2ccc(F)cc2)CC1. The maximum absolute atomic E-state index is 13.0. The number of benzene rings is 1. The standard InChI is InChI=1S/C18H21FN4O/c19-15-1-3-16(4-2-15)21-9-11-23(12-10-21)18(24)14-5-7-22-8-6-20-17(22)13-14/h1-4,6,8,14H,5,7,9-13H2. The number of hydrogen-bond acceptors (Lipinski definition) is 3. The van der Waals surface area contributed by atoms with Crippen molar-refractivity contribution < 1.29 is 9.18 Å². The highest BCUT2D eigenvalue weighted by molar-refractivity contribution is 5.79. The van der Waals surface area contributed by atoms with Gasteiger partial charge in [-0.2, -0.15) is 0 Å². The lowest BCUT2D eigenvalue weighted by Gasteiger charge is -2.38. The summed E-state index contributed by atoms with van der Waals surface area (Å²) < 4.78 is 15.2. The molecular weight excluding hydrogens is 307 g/mol. The number of anilines is 1. The highest BCUT2D eigenvalue weighted by Gasteiger charge is 2.30. The summed E-state index contributed by atoms with van der Waals surface area (Å²) >= 11 is 0. The zero-order valence-corrected chi connectivity index (χ0v) is 13.6. The Kier molecular flexibility index (Phi) is 3.96. The van der Waals surface area contributed by atoms with Crippen molar-refractivity contribution in [3.8, 4) is 0 Å². The summed E-state index contributed by atoms with van der Waals surface area (Å²) in [6.45, 7) is 3.90. The molecule has 0 N–H and O–H groups in total. The first kappa shape index (κ1) is 15.2. The summed E-state index contributed by atoms with van der Waals surface area (Å²) in [7, 11) is 0.